The molecule has 0 saturated carbocycles. The highest BCUT2D eigenvalue weighted by atomic mass is 35.5. The average Bonchev–Trinajstić information content (AvgIpc) is 2.73. The highest BCUT2D eigenvalue weighted by molar-refractivity contribution is 6.32. The maximum absolute atomic E-state index is 6.47. The van der Waals surface area contributed by atoms with E-state index in [9.17, 15) is 0 Å². The predicted octanol–water partition coefficient (Wildman–Crippen LogP) is 6.11. The first-order chi connectivity index (χ1) is 14.1. The minimum Gasteiger partial charge on any atom is -0.495 e. The van der Waals surface area contributed by atoms with Crippen LogP contribution < -0.4 is 4.74 Å². The Kier molecular flexibility index (Phi) is 12.9. The maximum atomic E-state index is 6.47. The Morgan fingerprint density at radius 2 is 1.48 bits per heavy atom. The summed E-state index contributed by atoms with van der Waals surface area (Å²) >= 11 is 6.47. The Labute approximate surface area is 205 Å². The second-order valence-corrected chi connectivity index (χ2v) is 8.78. The van der Waals surface area contributed by atoms with Crippen LogP contribution in [-0.2, 0) is 12.8 Å². The minimum absolute atomic E-state index is 0. The lowest BCUT2D eigenvalue weighted by Crippen LogP contribution is -2.47. The number of halogens is 3. The second kappa shape index (κ2) is 14.2. The summed E-state index contributed by atoms with van der Waals surface area (Å²) in [6.45, 7) is 11.3. The van der Waals surface area contributed by atoms with Crippen molar-refractivity contribution >= 4 is 36.4 Å². The smallest absolute Gasteiger partial charge is 0.140 e. The van der Waals surface area contributed by atoms with Crippen LogP contribution in [0.25, 0.3) is 0 Å². The molecule has 0 radical (unpaired) electrons. The van der Waals surface area contributed by atoms with Crippen LogP contribution in [-0.4, -0.2) is 56.2 Å². The molecule has 0 amide bonds. The van der Waals surface area contributed by atoms with Crippen LogP contribution in [0.1, 0.15) is 42.9 Å². The Morgan fingerprint density at radius 1 is 0.871 bits per heavy atom. The van der Waals surface area contributed by atoms with Crippen LogP contribution in [0.2, 0.25) is 5.02 Å². The van der Waals surface area contributed by atoms with Crippen molar-refractivity contribution in [3.8, 4) is 5.75 Å². The third-order valence-electron chi connectivity index (χ3n) is 5.92. The quantitative estimate of drug-likeness (QED) is 0.424. The first-order valence-corrected chi connectivity index (χ1v) is 11.3. The van der Waals surface area contributed by atoms with Crippen molar-refractivity contribution in [1.82, 2.24) is 9.80 Å². The van der Waals surface area contributed by atoms with Gasteiger partial charge in [-0.1, -0.05) is 61.8 Å². The number of rotatable bonds is 9. The van der Waals surface area contributed by atoms with Gasteiger partial charge in [0.2, 0.25) is 0 Å². The molecular formula is C25H37Cl3N2O. The number of ether oxygens (including phenoxy) is 1. The Balaban J connectivity index is 0.00000240. The largest absolute Gasteiger partial charge is 0.495 e. The lowest BCUT2D eigenvalue weighted by atomic mass is 9.98. The molecule has 1 fully saturated rings. The van der Waals surface area contributed by atoms with Crippen LogP contribution in [0.15, 0.2) is 42.5 Å². The Morgan fingerprint density at radius 3 is 2.06 bits per heavy atom. The fourth-order valence-electron chi connectivity index (χ4n) is 4.14. The van der Waals surface area contributed by atoms with Crippen molar-refractivity contribution in [1.29, 1.82) is 0 Å². The van der Waals surface area contributed by atoms with E-state index in [4.69, 9.17) is 16.3 Å². The first-order valence-electron chi connectivity index (χ1n) is 10.9. The van der Waals surface area contributed by atoms with Gasteiger partial charge >= 0.3 is 0 Å². The highest BCUT2D eigenvalue weighted by Gasteiger charge is 2.17. The van der Waals surface area contributed by atoms with Crippen molar-refractivity contribution in [2.24, 2.45) is 0 Å². The van der Waals surface area contributed by atoms with Gasteiger partial charge in [0, 0.05) is 32.7 Å². The Hall–Kier alpha value is -0.970. The number of benzene rings is 2. The number of aryl methyl sites for hydroxylation is 1. The molecular weight excluding hydrogens is 451 g/mol. The summed E-state index contributed by atoms with van der Waals surface area (Å²) in [6.07, 6.45) is 3.46. The predicted molar refractivity (Wildman–Crippen MR) is 138 cm³/mol. The molecule has 0 atom stereocenters. The van der Waals surface area contributed by atoms with Crippen molar-refractivity contribution in [3.05, 3.63) is 64.2 Å². The van der Waals surface area contributed by atoms with Crippen LogP contribution in [0, 0.1) is 0 Å². The molecule has 3 nitrogen and oxygen atoms in total. The van der Waals surface area contributed by atoms with E-state index in [1.54, 1.807) is 7.11 Å². The standard InChI is InChI=1S/C25H35ClN2O.2ClH/c1-20(2)23-18-22(19-24(26)25(23)29-3)11-13-28-16-14-27(15-17-28)12-7-10-21-8-5-4-6-9-21;;/h4-6,8-9,18-20H,7,10-17H2,1-3H3;2*1H. The van der Waals surface area contributed by atoms with Crippen molar-refractivity contribution in [2.75, 3.05) is 46.4 Å². The molecule has 1 aliphatic rings. The van der Waals surface area contributed by atoms with Gasteiger partial charge in [-0.05, 0) is 54.5 Å². The molecule has 1 saturated heterocycles. The number of hydrogen-bond donors (Lipinski definition) is 0. The SMILES string of the molecule is COc1c(Cl)cc(CCN2CCN(CCCc3ccccc3)CC2)cc1C(C)C.Cl.Cl. The summed E-state index contributed by atoms with van der Waals surface area (Å²) < 4.78 is 5.51. The first kappa shape index (κ1) is 28.1. The van der Waals surface area contributed by atoms with Crippen molar-refractivity contribution in [3.63, 3.8) is 0 Å². The highest BCUT2D eigenvalue weighted by Crippen LogP contribution is 2.35. The summed E-state index contributed by atoms with van der Waals surface area (Å²) in [5.41, 5.74) is 3.97. The number of nitrogens with zero attached hydrogens (tertiary/aromatic N) is 2. The monoisotopic (exact) mass is 486 g/mol. The number of piperazine rings is 1. The zero-order valence-corrected chi connectivity index (χ0v) is 21.4. The minimum atomic E-state index is 0. The summed E-state index contributed by atoms with van der Waals surface area (Å²) in [6, 6.07) is 15.2. The topological polar surface area (TPSA) is 15.7 Å². The molecule has 1 aliphatic heterocycles. The van der Waals surface area contributed by atoms with E-state index < -0.39 is 0 Å². The van der Waals surface area contributed by atoms with Crippen LogP contribution in [0.5, 0.6) is 5.75 Å². The molecule has 31 heavy (non-hydrogen) atoms. The molecule has 2 aromatic rings. The lowest BCUT2D eigenvalue weighted by Gasteiger charge is -2.34. The summed E-state index contributed by atoms with van der Waals surface area (Å²) in [5, 5.41) is 0.733. The van der Waals surface area contributed by atoms with E-state index in [0.29, 0.717) is 5.92 Å². The molecule has 0 unspecified atom stereocenters. The molecule has 6 heteroatoms. The molecule has 0 bridgehead atoms. The van der Waals surface area contributed by atoms with E-state index >= 15 is 0 Å². The zero-order valence-electron chi connectivity index (χ0n) is 19.0. The molecule has 2 aromatic carbocycles. The van der Waals surface area contributed by atoms with Gasteiger partial charge in [0.05, 0.1) is 12.1 Å². The molecule has 3 rings (SSSR count). The van der Waals surface area contributed by atoms with Crippen LogP contribution in [0.4, 0.5) is 0 Å². The molecule has 0 spiro atoms. The van der Waals surface area contributed by atoms with Crippen LogP contribution in [0.3, 0.4) is 0 Å². The van der Waals surface area contributed by atoms with Gasteiger partial charge in [-0.3, -0.25) is 0 Å². The molecule has 174 valence electrons. The second-order valence-electron chi connectivity index (χ2n) is 8.38. The van der Waals surface area contributed by atoms with Gasteiger partial charge in [0.1, 0.15) is 5.75 Å². The Bertz CT molecular complexity index is 763. The van der Waals surface area contributed by atoms with E-state index in [-0.39, 0.29) is 24.8 Å². The van der Waals surface area contributed by atoms with Gasteiger partial charge in [-0.25, -0.2) is 0 Å². The summed E-state index contributed by atoms with van der Waals surface area (Å²) in [7, 11) is 1.70. The van der Waals surface area contributed by atoms with Gasteiger partial charge in [-0.15, -0.1) is 24.8 Å². The molecule has 0 aliphatic carbocycles. The van der Waals surface area contributed by atoms with Gasteiger partial charge in [0.15, 0.2) is 0 Å². The van der Waals surface area contributed by atoms with Crippen molar-refractivity contribution < 1.29 is 4.74 Å². The summed E-state index contributed by atoms with van der Waals surface area (Å²) in [4.78, 5) is 5.20. The lowest BCUT2D eigenvalue weighted by molar-refractivity contribution is 0.132. The van der Waals surface area contributed by atoms with E-state index in [2.05, 4.69) is 66.1 Å². The third-order valence-corrected chi connectivity index (χ3v) is 6.20. The third kappa shape index (κ3) is 8.47. The maximum Gasteiger partial charge on any atom is 0.140 e. The molecule has 0 N–H and O–H groups in total. The van der Waals surface area contributed by atoms with Gasteiger partial charge in [0.25, 0.3) is 0 Å². The number of hydrogen-bond acceptors (Lipinski definition) is 3. The fraction of sp³-hybridized carbons (Fsp3) is 0.520. The zero-order chi connectivity index (χ0) is 20.6. The molecule has 1 heterocycles. The fourth-order valence-corrected chi connectivity index (χ4v) is 4.46. The van der Waals surface area contributed by atoms with Gasteiger partial charge in [-0.2, -0.15) is 0 Å². The molecule has 0 aromatic heterocycles. The van der Waals surface area contributed by atoms with Crippen LogP contribution >= 0.6 is 36.4 Å². The van der Waals surface area contributed by atoms with E-state index in [0.717, 1.165) is 36.8 Å². The van der Waals surface area contributed by atoms with Gasteiger partial charge < -0.3 is 14.5 Å². The van der Waals surface area contributed by atoms with E-state index in [1.807, 2.05) is 0 Å². The average molecular weight is 488 g/mol. The van der Waals surface area contributed by atoms with Crippen molar-refractivity contribution in [2.45, 2.75) is 39.0 Å². The summed E-state index contributed by atoms with van der Waals surface area (Å²) in [5.74, 6) is 1.23. The number of methoxy groups -OCH3 is 1. The van der Waals surface area contributed by atoms with E-state index in [1.165, 1.54) is 49.2 Å². The normalized spacial score (nSPS) is 14.7.